The minimum Gasteiger partial charge on any atom is -0.497 e. The number of hydrogen-bond acceptors (Lipinski definition) is 3. The Morgan fingerprint density at radius 2 is 2.21 bits per heavy atom. The van der Waals surface area contributed by atoms with E-state index in [1.54, 1.807) is 13.3 Å². The molecule has 2 aromatic rings. The fraction of sp³-hybridized carbons (Fsp3) is 0.143. The molecular formula is C21H20N2O. The van der Waals surface area contributed by atoms with Crippen molar-refractivity contribution in [3.8, 4) is 5.75 Å². The van der Waals surface area contributed by atoms with E-state index in [-0.39, 0.29) is 0 Å². The lowest BCUT2D eigenvalue weighted by molar-refractivity contribution is 0.414. The van der Waals surface area contributed by atoms with Crippen LogP contribution in [0.15, 0.2) is 83.7 Å². The normalized spacial score (nSPS) is 14.2. The van der Waals surface area contributed by atoms with Crippen LogP contribution in [0.3, 0.4) is 0 Å². The molecule has 1 aliphatic carbocycles. The second-order valence-corrected chi connectivity index (χ2v) is 5.53. The van der Waals surface area contributed by atoms with Gasteiger partial charge in [0.2, 0.25) is 0 Å². The van der Waals surface area contributed by atoms with Gasteiger partial charge in [-0.15, -0.1) is 0 Å². The lowest BCUT2D eigenvalue weighted by atomic mass is 10.0. The predicted octanol–water partition coefficient (Wildman–Crippen LogP) is 4.63. The molecule has 0 radical (unpaired) electrons. The summed E-state index contributed by atoms with van der Waals surface area (Å²) in [6.45, 7) is 0.636. The molecular weight excluding hydrogens is 296 g/mol. The molecule has 0 atom stereocenters. The van der Waals surface area contributed by atoms with Gasteiger partial charge in [0.25, 0.3) is 0 Å². The number of pyridine rings is 1. The number of aromatic nitrogens is 1. The van der Waals surface area contributed by atoms with Gasteiger partial charge in [0.15, 0.2) is 0 Å². The van der Waals surface area contributed by atoms with Crippen molar-refractivity contribution in [1.29, 1.82) is 0 Å². The molecule has 0 N–H and O–H groups in total. The molecule has 0 bridgehead atoms. The van der Waals surface area contributed by atoms with Gasteiger partial charge in [-0.2, -0.15) is 0 Å². The second kappa shape index (κ2) is 8.06. The van der Waals surface area contributed by atoms with Gasteiger partial charge in [0, 0.05) is 18.6 Å². The Bertz CT molecular complexity index is 802. The highest BCUT2D eigenvalue weighted by molar-refractivity contribution is 5.88. The molecule has 0 saturated heterocycles. The quantitative estimate of drug-likeness (QED) is 0.754. The zero-order chi connectivity index (χ0) is 16.6. The molecule has 1 aromatic carbocycles. The van der Waals surface area contributed by atoms with E-state index in [2.05, 4.69) is 46.4 Å². The molecule has 0 unspecified atom stereocenters. The standard InChI is InChI=1S/C21H20N2O/c1-24-21-10-4-9-20(13-21)19-8-3-2-6-17(12-19)14-23-16-18-7-5-11-22-15-18/h2-7,9-15H,8,16H2,1H3. The van der Waals surface area contributed by atoms with E-state index in [0.29, 0.717) is 6.54 Å². The van der Waals surface area contributed by atoms with E-state index in [1.807, 2.05) is 36.7 Å². The predicted molar refractivity (Wildman–Crippen MR) is 99.2 cm³/mol. The van der Waals surface area contributed by atoms with Crippen molar-refractivity contribution < 1.29 is 4.74 Å². The van der Waals surface area contributed by atoms with Gasteiger partial charge in [-0.3, -0.25) is 9.98 Å². The van der Waals surface area contributed by atoms with Crippen LogP contribution in [0.25, 0.3) is 5.57 Å². The Morgan fingerprint density at radius 1 is 1.25 bits per heavy atom. The van der Waals surface area contributed by atoms with Crippen molar-refractivity contribution >= 4 is 11.8 Å². The van der Waals surface area contributed by atoms with E-state index in [4.69, 9.17) is 4.74 Å². The third kappa shape index (κ3) is 4.29. The monoisotopic (exact) mass is 316 g/mol. The van der Waals surface area contributed by atoms with Gasteiger partial charge in [0.05, 0.1) is 13.7 Å². The van der Waals surface area contributed by atoms with Gasteiger partial charge < -0.3 is 4.74 Å². The molecule has 3 rings (SSSR count). The Morgan fingerprint density at radius 3 is 3.04 bits per heavy atom. The van der Waals surface area contributed by atoms with Gasteiger partial charge in [-0.25, -0.2) is 0 Å². The second-order valence-electron chi connectivity index (χ2n) is 5.53. The Kier molecular flexibility index (Phi) is 5.36. The van der Waals surface area contributed by atoms with Crippen molar-refractivity contribution in [2.75, 3.05) is 7.11 Å². The Hall–Kier alpha value is -2.94. The zero-order valence-corrected chi connectivity index (χ0v) is 13.7. The van der Waals surface area contributed by atoms with Crippen LogP contribution >= 0.6 is 0 Å². The number of aliphatic imine (C=N–C) groups is 1. The maximum Gasteiger partial charge on any atom is 0.119 e. The van der Waals surface area contributed by atoms with Crippen LogP contribution < -0.4 is 4.74 Å². The molecule has 3 heteroatoms. The number of allylic oxidation sites excluding steroid dienone is 6. The maximum atomic E-state index is 5.33. The van der Waals surface area contributed by atoms with E-state index < -0.39 is 0 Å². The molecule has 1 aliphatic rings. The van der Waals surface area contributed by atoms with Gasteiger partial charge in [0.1, 0.15) is 5.75 Å². The number of methoxy groups -OCH3 is 1. The largest absolute Gasteiger partial charge is 0.497 e. The summed E-state index contributed by atoms with van der Waals surface area (Å²) in [5.74, 6) is 0.873. The molecule has 120 valence electrons. The third-order valence-corrected chi connectivity index (χ3v) is 3.78. The SMILES string of the molecule is COc1cccc(C2=CC(C=NCc3cccnc3)=CC=CC2)c1. The summed E-state index contributed by atoms with van der Waals surface area (Å²) in [5.41, 5.74) is 4.62. The molecule has 24 heavy (non-hydrogen) atoms. The topological polar surface area (TPSA) is 34.5 Å². The molecule has 0 fully saturated rings. The highest BCUT2D eigenvalue weighted by atomic mass is 16.5. The van der Waals surface area contributed by atoms with Gasteiger partial charge in [-0.05, 0) is 53.0 Å². The highest BCUT2D eigenvalue weighted by Crippen LogP contribution is 2.25. The van der Waals surface area contributed by atoms with Crippen molar-refractivity contribution in [3.05, 3.63) is 89.8 Å². The summed E-state index contributed by atoms with van der Waals surface area (Å²) < 4.78 is 5.33. The number of benzene rings is 1. The molecule has 0 aliphatic heterocycles. The number of ether oxygens (including phenoxy) is 1. The van der Waals surface area contributed by atoms with Gasteiger partial charge in [-0.1, -0.05) is 36.4 Å². The van der Waals surface area contributed by atoms with Crippen molar-refractivity contribution in [2.24, 2.45) is 4.99 Å². The van der Waals surface area contributed by atoms with Crippen LogP contribution in [0.4, 0.5) is 0 Å². The van der Waals surface area contributed by atoms with Crippen LogP contribution in [0.1, 0.15) is 17.5 Å². The van der Waals surface area contributed by atoms with Crippen molar-refractivity contribution in [2.45, 2.75) is 13.0 Å². The zero-order valence-electron chi connectivity index (χ0n) is 13.7. The van der Waals surface area contributed by atoms with Crippen LogP contribution in [0.2, 0.25) is 0 Å². The smallest absolute Gasteiger partial charge is 0.119 e. The molecule has 3 nitrogen and oxygen atoms in total. The van der Waals surface area contributed by atoms with Crippen LogP contribution in [0, 0.1) is 0 Å². The molecule has 1 aromatic heterocycles. The third-order valence-electron chi connectivity index (χ3n) is 3.78. The first kappa shape index (κ1) is 15.9. The molecule has 1 heterocycles. The van der Waals surface area contributed by atoms with E-state index >= 15 is 0 Å². The molecule has 0 spiro atoms. The summed E-state index contributed by atoms with van der Waals surface area (Å²) in [4.78, 5) is 8.64. The Labute approximate surface area is 142 Å². The van der Waals surface area contributed by atoms with E-state index in [1.165, 1.54) is 11.1 Å². The summed E-state index contributed by atoms with van der Waals surface area (Å²) in [7, 11) is 1.69. The highest BCUT2D eigenvalue weighted by Gasteiger charge is 2.04. The average molecular weight is 316 g/mol. The van der Waals surface area contributed by atoms with Crippen LogP contribution in [-0.2, 0) is 6.54 Å². The number of nitrogens with zero attached hydrogens (tertiary/aromatic N) is 2. The van der Waals surface area contributed by atoms with Crippen molar-refractivity contribution in [1.82, 2.24) is 4.98 Å². The maximum absolute atomic E-state index is 5.33. The number of hydrogen-bond donors (Lipinski definition) is 0. The minimum absolute atomic E-state index is 0.636. The van der Waals surface area contributed by atoms with E-state index in [9.17, 15) is 0 Å². The summed E-state index contributed by atoms with van der Waals surface area (Å²) >= 11 is 0. The summed E-state index contributed by atoms with van der Waals surface area (Å²) in [6.07, 6.45) is 14.9. The van der Waals surface area contributed by atoms with Crippen molar-refractivity contribution in [3.63, 3.8) is 0 Å². The fourth-order valence-electron chi connectivity index (χ4n) is 2.53. The number of rotatable bonds is 5. The first-order chi connectivity index (χ1) is 11.8. The molecule has 0 saturated carbocycles. The Balaban J connectivity index is 1.77. The average Bonchev–Trinajstić information content (AvgIpc) is 2.88. The summed E-state index contributed by atoms with van der Waals surface area (Å²) in [5, 5.41) is 0. The summed E-state index contributed by atoms with van der Waals surface area (Å²) in [6, 6.07) is 12.1. The van der Waals surface area contributed by atoms with Gasteiger partial charge >= 0.3 is 0 Å². The van der Waals surface area contributed by atoms with E-state index in [0.717, 1.165) is 23.3 Å². The minimum atomic E-state index is 0.636. The lowest BCUT2D eigenvalue weighted by Gasteiger charge is -2.07. The first-order valence-electron chi connectivity index (χ1n) is 7.96. The fourth-order valence-corrected chi connectivity index (χ4v) is 2.53. The van der Waals surface area contributed by atoms with Crippen LogP contribution in [0.5, 0.6) is 5.75 Å². The van der Waals surface area contributed by atoms with Crippen LogP contribution in [-0.4, -0.2) is 18.3 Å². The lowest BCUT2D eigenvalue weighted by Crippen LogP contribution is -1.89. The first-order valence-corrected chi connectivity index (χ1v) is 7.96. The molecule has 0 amide bonds.